The fraction of sp³-hybridized carbons (Fsp3) is 0.867. The molecule has 0 aromatic carbocycles. The van der Waals surface area contributed by atoms with Gasteiger partial charge in [-0.15, -0.1) is 0 Å². The zero-order valence-electron chi connectivity index (χ0n) is 13.6. The number of nitrogens with one attached hydrogen (secondary N) is 1. The summed E-state index contributed by atoms with van der Waals surface area (Å²) in [7, 11) is 0. The summed E-state index contributed by atoms with van der Waals surface area (Å²) in [6.45, 7) is 13.1. The van der Waals surface area contributed by atoms with Gasteiger partial charge in [-0.2, -0.15) is 0 Å². The zero-order chi connectivity index (χ0) is 15.6. The summed E-state index contributed by atoms with van der Waals surface area (Å²) in [5.74, 6) is -0.123. The second kappa shape index (κ2) is 6.12. The molecular formula is C15H28N2O3. The van der Waals surface area contributed by atoms with E-state index in [1.807, 2.05) is 41.5 Å². The number of rotatable bonds is 3. The van der Waals surface area contributed by atoms with Crippen molar-refractivity contribution in [3.05, 3.63) is 0 Å². The van der Waals surface area contributed by atoms with Crippen molar-refractivity contribution in [2.24, 2.45) is 5.41 Å². The summed E-state index contributed by atoms with van der Waals surface area (Å²) in [5.41, 5.74) is -0.397. The molecule has 1 saturated heterocycles. The van der Waals surface area contributed by atoms with Crippen molar-refractivity contribution >= 4 is 11.8 Å². The lowest BCUT2D eigenvalue weighted by molar-refractivity contribution is -0.157. The molecule has 1 heterocycles. The highest BCUT2D eigenvalue weighted by molar-refractivity contribution is 5.85. The molecule has 1 aliphatic rings. The molecule has 0 aromatic rings. The summed E-state index contributed by atoms with van der Waals surface area (Å²) in [6.07, 6.45) is 0.443. The number of carbonyl (C=O) groups is 2. The van der Waals surface area contributed by atoms with Gasteiger partial charge < -0.3 is 15.0 Å². The smallest absolute Gasteiger partial charge is 0.242 e. The van der Waals surface area contributed by atoms with Gasteiger partial charge >= 0.3 is 0 Å². The largest absolute Gasteiger partial charge is 0.369 e. The van der Waals surface area contributed by atoms with Crippen LogP contribution in [0.1, 0.15) is 48.0 Å². The first-order valence-corrected chi connectivity index (χ1v) is 7.21. The van der Waals surface area contributed by atoms with Crippen LogP contribution in [0.3, 0.4) is 0 Å². The SMILES string of the molecule is CC1CN(C(=O)CNC(=O)CC(C)(C)C)CC(C)(C)O1. The van der Waals surface area contributed by atoms with E-state index in [-0.39, 0.29) is 35.5 Å². The fourth-order valence-electron chi connectivity index (χ4n) is 2.47. The Morgan fingerprint density at radius 1 is 1.35 bits per heavy atom. The molecule has 2 amide bonds. The Hall–Kier alpha value is -1.10. The van der Waals surface area contributed by atoms with Crippen molar-refractivity contribution in [1.29, 1.82) is 0 Å². The van der Waals surface area contributed by atoms with Gasteiger partial charge in [-0.3, -0.25) is 9.59 Å². The van der Waals surface area contributed by atoms with E-state index >= 15 is 0 Å². The molecule has 0 bridgehead atoms. The van der Waals surface area contributed by atoms with Gasteiger partial charge in [0.05, 0.1) is 18.2 Å². The number of ether oxygens (including phenoxy) is 1. The van der Waals surface area contributed by atoms with Crippen LogP contribution in [0.15, 0.2) is 0 Å². The molecule has 0 radical (unpaired) electrons. The molecule has 5 heteroatoms. The molecule has 0 spiro atoms. The number of amides is 2. The van der Waals surface area contributed by atoms with Gasteiger partial charge in [-0.1, -0.05) is 20.8 Å². The van der Waals surface area contributed by atoms with Crippen molar-refractivity contribution in [3.63, 3.8) is 0 Å². The third kappa shape index (κ3) is 5.90. The molecule has 116 valence electrons. The van der Waals surface area contributed by atoms with E-state index < -0.39 is 0 Å². The highest BCUT2D eigenvalue weighted by Crippen LogP contribution is 2.21. The first kappa shape index (κ1) is 17.0. The van der Waals surface area contributed by atoms with Crippen LogP contribution >= 0.6 is 0 Å². The van der Waals surface area contributed by atoms with Gasteiger partial charge in [-0.25, -0.2) is 0 Å². The van der Waals surface area contributed by atoms with Crippen LogP contribution < -0.4 is 5.32 Å². The van der Waals surface area contributed by atoms with Crippen molar-refractivity contribution in [3.8, 4) is 0 Å². The average Bonchev–Trinajstić information content (AvgIpc) is 2.20. The first-order chi connectivity index (χ1) is 8.98. The Bertz CT molecular complexity index is 372. The Kier molecular flexibility index (Phi) is 5.19. The molecule has 0 aliphatic carbocycles. The number of nitrogens with zero attached hydrogens (tertiary/aromatic N) is 1. The predicted octanol–water partition coefficient (Wildman–Crippen LogP) is 1.56. The topological polar surface area (TPSA) is 58.6 Å². The lowest BCUT2D eigenvalue weighted by atomic mass is 9.92. The van der Waals surface area contributed by atoms with Crippen LogP contribution in [0.25, 0.3) is 0 Å². The lowest BCUT2D eigenvalue weighted by Gasteiger charge is -2.41. The van der Waals surface area contributed by atoms with E-state index in [0.717, 1.165) is 0 Å². The monoisotopic (exact) mass is 284 g/mol. The van der Waals surface area contributed by atoms with Crippen LogP contribution in [0, 0.1) is 5.41 Å². The minimum Gasteiger partial charge on any atom is -0.369 e. The van der Waals surface area contributed by atoms with E-state index in [2.05, 4.69) is 5.32 Å². The van der Waals surface area contributed by atoms with Gasteiger partial charge in [0.15, 0.2) is 0 Å². The maximum Gasteiger partial charge on any atom is 0.242 e. The highest BCUT2D eigenvalue weighted by Gasteiger charge is 2.33. The van der Waals surface area contributed by atoms with Crippen LogP contribution in [0.2, 0.25) is 0 Å². The van der Waals surface area contributed by atoms with Gasteiger partial charge in [0.2, 0.25) is 11.8 Å². The minimum atomic E-state index is -0.331. The van der Waals surface area contributed by atoms with E-state index in [4.69, 9.17) is 4.74 Å². The zero-order valence-corrected chi connectivity index (χ0v) is 13.6. The Labute approximate surface area is 122 Å². The molecule has 1 unspecified atom stereocenters. The lowest BCUT2D eigenvalue weighted by Crippen LogP contribution is -2.55. The molecular weight excluding hydrogens is 256 g/mol. The second-order valence-corrected chi connectivity index (χ2v) is 7.48. The third-order valence-corrected chi connectivity index (χ3v) is 3.05. The number of morpholine rings is 1. The normalized spacial score (nSPS) is 22.5. The molecule has 1 atom stereocenters. The fourth-order valence-corrected chi connectivity index (χ4v) is 2.47. The maximum absolute atomic E-state index is 12.2. The first-order valence-electron chi connectivity index (χ1n) is 7.21. The summed E-state index contributed by atoms with van der Waals surface area (Å²) in [5, 5.41) is 2.71. The van der Waals surface area contributed by atoms with Crippen molar-refractivity contribution in [2.45, 2.75) is 59.7 Å². The van der Waals surface area contributed by atoms with E-state index in [0.29, 0.717) is 19.5 Å². The van der Waals surface area contributed by atoms with Crippen LogP contribution in [0.4, 0.5) is 0 Å². The van der Waals surface area contributed by atoms with Crippen molar-refractivity contribution in [1.82, 2.24) is 10.2 Å². The van der Waals surface area contributed by atoms with Gasteiger partial charge in [0.1, 0.15) is 0 Å². The van der Waals surface area contributed by atoms with Gasteiger partial charge in [0, 0.05) is 19.5 Å². The third-order valence-electron chi connectivity index (χ3n) is 3.05. The van der Waals surface area contributed by atoms with Crippen LogP contribution in [-0.4, -0.2) is 48.1 Å². The summed E-state index contributed by atoms with van der Waals surface area (Å²) >= 11 is 0. The second-order valence-electron chi connectivity index (χ2n) is 7.48. The standard InChI is InChI=1S/C15H28N2O3/c1-11-9-17(10-15(5,6)20-11)13(19)8-16-12(18)7-14(2,3)4/h11H,7-10H2,1-6H3,(H,16,18). The van der Waals surface area contributed by atoms with Crippen LogP contribution in [-0.2, 0) is 14.3 Å². The number of hydrogen-bond donors (Lipinski definition) is 1. The van der Waals surface area contributed by atoms with E-state index in [1.54, 1.807) is 4.90 Å². The minimum absolute atomic E-state index is 0.0213. The quantitative estimate of drug-likeness (QED) is 0.855. The number of carbonyl (C=O) groups excluding carboxylic acids is 2. The van der Waals surface area contributed by atoms with Gasteiger partial charge in [0.25, 0.3) is 0 Å². The molecule has 20 heavy (non-hydrogen) atoms. The van der Waals surface area contributed by atoms with E-state index in [1.165, 1.54) is 0 Å². The molecule has 0 saturated carbocycles. The summed E-state index contributed by atoms with van der Waals surface area (Å²) < 4.78 is 5.76. The van der Waals surface area contributed by atoms with Crippen molar-refractivity contribution in [2.75, 3.05) is 19.6 Å². The summed E-state index contributed by atoms with van der Waals surface area (Å²) in [6, 6.07) is 0. The Balaban J connectivity index is 2.45. The molecule has 1 N–H and O–H groups in total. The highest BCUT2D eigenvalue weighted by atomic mass is 16.5. The Morgan fingerprint density at radius 2 is 1.95 bits per heavy atom. The van der Waals surface area contributed by atoms with Crippen molar-refractivity contribution < 1.29 is 14.3 Å². The van der Waals surface area contributed by atoms with E-state index in [9.17, 15) is 9.59 Å². The maximum atomic E-state index is 12.2. The molecule has 1 fully saturated rings. The Morgan fingerprint density at radius 3 is 2.45 bits per heavy atom. The average molecular weight is 284 g/mol. The number of hydrogen-bond acceptors (Lipinski definition) is 3. The van der Waals surface area contributed by atoms with Crippen LogP contribution in [0.5, 0.6) is 0 Å². The van der Waals surface area contributed by atoms with Gasteiger partial charge in [-0.05, 0) is 26.2 Å². The molecule has 0 aromatic heterocycles. The predicted molar refractivity (Wildman–Crippen MR) is 78.3 cm³/mol. The summed E-state index contributed by atoms with van der Waals surface area (Å²) in [4.78, 5) is 25.7. The molecule has 5 nitrogen and oxygen atoms in total. The molecule has 1 aliphatic heterocycles. The molecule has 1 rings (SSSR count).